The summed E-state index contributed by atoms with van der Waals surface area (Å²) in [6.45, 7) is 1.09. The Labute approximate surface area is 106 Å². The fourth-order valence-corrected chi connectivity index (χ4v) is 3.17. The van der Waals surface area contributed by atoms with Crippen LogP contribution in [0.3, 0.4) is 0 Å². The van der Waals surface area contributed by atoms with Gasteiger partial charge in [0, 0.05) is 43.7 Å². The topological polar surface area (TPSA) is 96.3 Å². The number of primary sulfonamides is 1. The molecule has 0 aromatic carbocycles. The van der Waals surface area contributed by atoms with Crippen molar-refractivity contribution < 1.29 is 13.2 Å². The highest BCUT2D eigenvalue weighted by Crippen LogP contribution is 2.19. The van der Waals surface area contributed by atoms with Gasteiger partial charge in [-0.2, -0.15) is 0 Å². The summed E-state index contributed by atoms with van der Waals surface area (Å²) in [5.41, 5.74) is 1.07. The molecule has 0 saturated carbocycles. The lowest BCUT2D eigenvalue weighted by atomic mass is 10.1. The van der Waals surface area contributed by atoms with E-state index in [2.05, 4.69) is 4.98 Å². The van der Waals surface area contributed by atoms with Crippen molar-refractivity contribution in [3.63, 3.8) is 0 Å². The van der Waals surface area contributed by atoms with Gasteiger partial charge >= 0.3 is 0 Å². The summed E-state index contributed by atoms with van der Waals surface area (Å²) in [5.74, 6) is -0.274. The van der Waals surface area contributed by atoms with Crippen LogP contribution in [0, 0.1) is 5.92 Å². The smallest absolute Gasteiger partial charge is 0.222 e. The number of likely N-dealkylation sites (tertiary alicyclic amines) is 1. The van der Waals surface area contributed by atoms with E-state index in [1.165, 1.54) is 0 Å². The third-order valence-electron chi connectivity index (χ3n) is 3.08. The number of aromatic amines is 1. The number of carbonyl (C=O) groups excluding carboxylic acids is 1. The maximum Gasteiger partial charge on any atom is 0.222 e. The summed E-state index contributed by atoms with van der Waals surface area (Å²) < 4.78 is 22.0. The second kappa shape index (κ2) is 5.11. The molecule has 1 atom stereocenters. The number of rotatable bonds is 5. The molecule has 1 aromatic heterocycles. The predicted octanol–water partition coefficient (Wildman–Crippen LogP) is -0.306. The van der Waals surface area contributed by atoms with Gasteiger partial charge in [0.2, 0.25) is 15.9 Å². The first kappa shape index (κ1) is 13.1. The molecule has 2 heterocycles. The van der Waals surface area contributed by atoms with Gasteiger partial charge in [-0.15, -0.1) is 0 Å². The molecule has 1 unspecified atom stereocenters. The first-order chi connectivity index (χ1) is 8.44. The van der Waals surface area contributed by atoms with Crippen LogP contribution in [0.2, 0.25) is 0 Å². The van der Waals surface area contributed by atoms with Gasteiger partial charge in [-0.3, -0.25) is 4.79 Å². The van der Waals surface area contributed by atoms with E-state index >= 15 is 0 Å². The highest BCUT2D eigenvalue weighted by Gasteiger charge is 2.31. The number of sulfonamides is 1. The molecule has 1 saturated heterocycles. The molecule has 1 aromatic rings. The summed E-state index contributed by atoms with van der Waals surface area (Å²) in [6, 6.07) is 3.87. The standard InChI is InChI=1S/C11H17N3O3S/c12-18(16,17)8-9-6-11(15)14(7-9)5-3-10-2-1-4-13-10/h1-2,4,9,13H,3,5-8H2,(H2,12,16,17). The van der Waals surface area contributed by atoms with Crippen molar-refractivity contribution >= 4 is 15.9 Å². The van der Waals surface area contributed by atoms with Crippen LogP contribution in [0.4, 0.5) is 0 Å². The SMILES string of the molecule is NS(=O)(=O)CC1CC(=O)N(CCc2ccc[nH]2)C1. The largest absolute Gasteiger partial charge is 0.365 e. The Hall–Kier alpha value is -1.34. The highest BCUT2D eigenvalue weighted by molar-refractivity contribution is 7.89. The number of H-pyrrole nitrogens is 1. The second-order valence-corrected chi connectivity index (χ2v) is 6.34. The summed E-state index contributed by atoms with van der Waals surface area (Å²) >= 11 is 0. The molecule has 7 heteroatoms. The fraction of sp³-hybridized carbons (Fsp3) is 0.545. The molecule has 0 bridgehead atoms. The van der Waals surface area contributed by atoms with E-state index in [-0.39, 0.29) is 24.0 Å². The molecule has 18 heavy (non-hydrogen) atoms. The van der Waals surface area contributed by atoms with Crippen molar-refractivity contribution in [2.75, 3.05) is 18.8 Å². The Balaban J connectivity index is 1.86. The lowest BCUT2D eigenvalue weighted by molar-refractivity contribution is -0.127. The molecule has 100 valence electrons. The summed E-state index contributed by atoms with van der Waals surface area (Å²) in [7, 11) is -3.50. The van der Waals surface area contributed by atoms with E-state index in [1.54, 1.807) is 4.90 Å². The van der Waals surface area contributed by atoms with Gasteiger partial charge in [0.15, 0.2) is 0 Å². The summed E-state index contributed by atoms with van der Waals surface area (Å²) in [4.78, 5) is 16.5. The average Bonchev–Trinajstić information content (AvgIpc) is 2.83. The lowest BCUT2D eigenvalue weighted by Gasteiger charge is -2.15. The van der Waals surface area contributed by atoms with E-state index in [1.807, 2.05) is 18.3 Å². The average molecular weight is 271 g/mol. The van der Waals surface area contributed by atoms with Gasteiger partial charge in [0.05, 0.1) is 5.75 Å². The summed E-state index contributed by atoms with van der Waals surface area (Å²) in [5, 5.41) is 4.99. The fourth-order valence-electron chi connectivity index (χ4n) is 2.29. The molecule has 2 rings (SSSR count). The third-order valence-corrected chi connectivity index (χ3v) is 4.01. The maximum absolute atomic E-state index is 11.7. The van der Waals surface area contributed by atoms with Gasteiger partial charge in [0.25, 0.3) is 0 Å². The normalized spacial score (nSPS) is 20.6. The number of amides is 1. The quantitative estimate of drug-likeness (QED) is 0.769. The number of carbonyl (C=O) groups is 1. The molecule has 1 amide bonds. The van der Waals surface area contributed by atoms with Crippen molar-refractivity contribution in [2.45, 2.75) is 12.8 Å². The van der Waals surface area contributed by atoms with Crippen molar-refractivity contribution in [1.29, 1.82) is 0 Å². The van der Waals surface area contributed by atoms with E-state index < -0.39 is 10.0 Å². The first-order valence-corrected chi connectivity index (χ1v) is 7.56. The summed E-state index contributed by atoms with van der Waals surface area (Å²) in [6.07, 6.45) is 2.87. The second-order valence-electron chi connectivity index (χ2n) is 4.68. The monoisotopic (exact) mass is 271 g/mol. The molecule has 1 aliphatic rings. The Bertz CT molecular complexity index is 510. The van der Waals surface area contributed by atoms with Crippen molar-refractivity contribution in [1.82, 2.24) is 9.88 Å². The minimum Gasteiger partial charge on any atom is -0.365 e. The Morgan fingerprint density at radius 3 is 2.89 bits per heavy atom. The zero-order valence-corrected chi connectivity index (χ0v) is 10.8. The Morgan fingerprint density at radius 1 is 1.50 bits per heavy atom. The van der Waals surface area contributed by atoms with Crippen LogP contribution in [0.1, 0.15) is 12.1 Å². The van der Waals surface area contributed by atoms with Crippen molar-refractivity contribution in [3.8, 4) is 0 Å². The number of hydrogen-bond donors (Lipinski definition) is 2. The lowest BCUT2D eigenvalue weighted by Crippen LogP contribution is -2.29. The maximum atomic E-state index is 11.7. The van der Waals surface area contributed by atoms with E-state index in [4.69, 9.17) is 5.14 Å². The van der Waals surface area contributed by atoms with Crippen LogP contribution in [-0.4, -0.2) is 43.1 Å². The molecule has 1 aliphatic heterocycles. The van der Waals surface area contributed by atoms with E-state index in [0.717, 1.165) is 12.1 Å². The molecule has 6 nitrogen and oxygen atoms in total. The highest BCUT2D eigenvalue weighted by atomic mass is 32.2. The zero-order chi connectivity index (χ0) is 13.2. The molecule has 0 spiro atoms. The zero-order valence-electron chi connectivity index (χ0n) is 10.0. The molecule has 1 fully saturated rings. The molecule has 0 radical (unpaired) electrons. The Morgan fingerprint density at radius 2 is 2.28 bits per heavy atom. The predicted molar refractivity (Wildman–Crippen MR) is 67.2 cm³/mol. The van der Waals surface area contributed by atoms with Crippen LogP contribution in [0.5, 0.6) is 0 Å². The van der Waals surface area contributed by atoms with E-state index in [0.29, 0.717) is 13.1 Å². The van der Waals surface area contributed by atoms with Crippen molar-refractivity contribution in [2.24, 2.45) is 11.1 Å². The van der Waals surface area contributed by atoms with Crippen LogP contribution in [0.25, 0.3) is 0 Å². The van der Waals surface area contributed by atoms with Crippen LogP contribution < -0.4 is 5.14 Å². The number of nitrogens with zero attached hydrogens (tertiary/aromatic N) is 1. The molecular weight excluding hydrogens is 254 g/mol. The number of hydrogen-bond acceptors (Lipinski definition) is 3. The minimum absolute atomic E-state index is 0.00945. The number of aromatic nitrogens is 1. The van der Waals surface area contributed by atoms with Crippen molar-refractivity contribution in [3.05, 3.63) is 24.0 Å². The van der Waals surface area contributed by atoms with Crippen LogP contribution in [0.15, 0.2) is 18.3 Å². The molecule has 0 aliphatic carbocycles. The van der Waals surface area contributed by atoms with Gasteiger partial charge in [-0.25, -0.2) is 13.6 Å². The number of nitrogens with one attached hydrogen (secondary N) is 1. The van der Waals surface area contributed by atoms with E-state index in [9.17, 15) is 13.2 Å². The Kier molecular flexibility index (Phi) is 3.72. The van der Waals surface area contributed by atoms with Crippen LogP contribution >= 0.6 is 0 Å². The molecular formula is C11H17N3O3S. The van der Waals surface area contributed by atoms with Crippen LogP contribution in [-0.2, 0) is 21.2 Å². The minimum atomic E-state index is -3.50. The van der Waals surface area contributed by atoms with Gasteiger partial charge in [-0.05, 0) is 12.1 Å². The van der Waals surface area contributed by atoms with Gasteiger partial charge in [-0.1, -0.05) is 0 Å². The third kappa shape index (κ3) is 3.58. The molecule has 3 N–H and O–H groups in total. The number of nitrogens with two attached hydrogens (primary N) is 1. The van der Waals surface area contributed by atoms with Gasteiger partial charge in [0.1, 0.15) is 0 Å². The van der Waals surface area contributed by atoms with Gasteiger partial charge < -0.3 is 9.88 Å². The first-order valence-electron chi connectivity index (χ1n) is 5.84.